The molecule has 1 aromatic carbocycles. The maximum absolute atomic E-state index is 11.9. The summed E-state index contributed by atoms with van der Waals surface area (Å²) in [4.78, 5) is 14.1. The Morgan fingerprint density at radius 1 is 1.06 bits per heavy atom. The van der Waals surface area contributed by atoms with Crippen molar-refractivity contribution in [1.82, 2.24) is 25.3 Å². The van der Waals surface area contributed by atoms with Gasteiger partial charge in [-0.25, -0.2) is 4.68 Å². The average Bonchev–Trinajstić information content (AvgIpc) is 3.01. The summed E-state index contributed by atoms with van der Waals surface area (Å²) in [5.74, 6) is 0.916. The highest BCUT2D eigenvalue weighted by Crippen LogP contribution is 2.43. The van der Waals surface area contributed by atoms with Crippen LogP contribution in [0.25, 0.3) is 22.4 Å². The van der Waals surface area contributed by atoms with E-state index in [1.807, 2.05) is 18.2 Å². The van der Waals surface area contributed by atoms with E-state index in [0.717, 1.165) is 18.7 Å². The molecule has 1 unspecified atom stereocenters. The van der Waals surface area contributed by atoms with Gasteiger partial charge in [-0.2, -0.15) is 5.10 Å². The van der Waals surface area contributed by atoms with E-state index in [2.05, 4.69) is 46.4 Å². The molecule has 33 heavy (non-hydrogen) atoms. The number of anilines is 1. The van der Waals surface area contributed by atoms with Crippen LogP contribution in [-0.2, 0) is 7.05 Å². The number of benzene rings is 1. The van der Waals surface area contributed by atoms with Crippen LogP contribution < -0.4 is 15.8 Å². The van der Waals surface area contributed by atoms with Gasteiger partial charge in [-0.1, -0.05) is 6.07 Å². The maximum Gasteiger partial charge on any atom is 0.267 e. The summed E-state index contributed by atoms with van der Waals surface area (Å²) >= 11 is 0. The molecule has 8 heteroatoms. The molecule has 172 valence electrons. The Morgan fingerprint density at radius 3 is 2.39 bits per heavy atom. The van der Waals surface area contributed by atoms with Gasteiger partial charge in [-0.3, -0.25) is 4.79 Å². The molecule has 2 bridgehead atoms. The zero-order valence-electron chi connectivity index (χ0n) is 19.5. The summed E-state index contributed by atoms with van der Waals surface area (Å²) in [7, 11) is 3.69. The second-order valence-electron chi connectivity index (χ2n) is 10.1. The standard InChI is InChI=1S/C25H30N6O2/c1-24-9-10-25(2,29-24)14-18(13-24)30(3)22-8-7-20(27-28-22)19-6-5-16(11-21(19)32)17-12-23(33)31(4)26-15-17/h5-8,11-12,15,18,29,32H,9-10,13-14H2,1-4H3/t18?,24-,25+. The molecule has 3 atom stereocenters. The predicted octanol–water partition coefficient (Wildman–Crippen LogP) is 3.11. The molecule has 5 rings (SSSR count). The number of aromatic hydroxyl groups is 1. The molecule has 3 aromatic rings. The zero-order chi connectivity index (χ0) is 23.4. The van der Waals surface area contributed by atoms with Crippen LogP contribution in [0.2, 0.25) is 0 Å². The van der Waals surface area contributed by atoms with Crippen molar-refractivity contribution in [3.05, 3.63) is 52.9 Å². The van der Waals surface area contributed by atoms with E-state index in [0.29, 0.717) is 28.4 Å². The second kappa shape index (κ2) is 7.66. The first-order valence-electron chi connectivity index (χ1n) is 11.4. The Bertz CT molecular complexity index is 1240. The average molecular weight is 447 g/mol. The number of phenols is 1. The third kappa shape index (κ3) is 3.99. The Balaban J connectivity index is 1.36. The lowest BCUT2D eigenvalue weighted by atomic mass is 9.84. The molecule has 8 nitrogen and oxygen atoms in total. The van der Waals surface area contributed by atoms with Crippen molar-refractivity contribution in [1.29, 1.82) is 0 Å². The minimum Gasteiger partial charge on any atom is -0.507 e. The molecule has 2 N–H and O–H groups in total. The number of piperidine rings is 1. The molecule has 4 heterocycles. The highest BCUT2D eigenvalue weighted by atomic mass is 16.3. The summed E-state index contributed by atoms with van der Waals surface area (Å²) < 4.78 is 1.27. The summed E-state index contributed by atoms with van der Waals surface area (Å²) in [6.45, 7) is 4.64. The Hall–Kier alpha value is -3.26. The van der Waals surface area contributed by atoms with E-state index in [9.17, 15) is 9.90 Å². The molecule has 2 fully saturated rings. The van der Waals surface area contributed by atoms with Gasteiger partial charge in [0.2, 0.25) is 0 Å². The first kappa shape index (κ1) is 21.6. The van der Waals surface area contributed by atoms with Gasteiger partial charge in [0.05, 0.1) is 11.9 Å². The van der Waals surface area contributed by atoms with Crippen LogP contribution in [0.15, 0.2) is 47.4 Å². The van der Waals surface area contributed by atoms with Crippen molar-refractivity contribution in [2.24, 2.45) is 7.05 Å². The van der Waals surface area contributed by atoms with Gasteiger partial charge in [-0.05, 0) is 69.4 Å². The number of nitrogens with one attached hydrogen (secondary N) is 1. The first-order chi connectivity index (χ1) is 15.6. The number of rotatable bonds is 4. The Kier molecular flexibility index (Phi) is 5.01. The topological polar surface area (TPSA) is 96.2 Å². The van der Waals surface area contributed by atoms with E-state index in [1.54, 1.807) is 25.4 Å². The third-order valence-corrected chi connectivity index (χ3v) is 7.34. The number of fused-ring (bicyclic) bond motifs is 2. The molecule has 0 radical (unpaired) electrons. The lowest BCUT2D eigenvalue weighted by Gasteiger charge is -2.45. The van der Waals surface area contributed by atoms with Crippen molar-refractivity contribution in [3.63, 3.8) is 0 Å². The van der Waals surface area contributed by atoms with Gasteiger partial charge in [0.15, 0.2) is 5.82 Å². The second-order valence-corrected chi connectivity index (χ2v) is 10.1. The minimum atomic E-state index is -0.202. The smallest absolute Gasteiger partial charge is 0.267 e. The number of hydrogen-bond donors (Lipinski definition) is 2. The molecular weight excluding hydrogens is 416 g/mol. The molecular formula is C25H30N6O2. The van der Waals surface area contributed by atoms with Crippen LogP contribution in [0.3, 0.4) is 0 Å². The quantitative estimate of drug-likeness (QED) is 0.636. The molecule has 2 aliphatic heterocycles. The Morgan fingerprint density at radius 2 is 1.79 bits per heavy atom. The summed E-state index contributed by atoms with van der Waals surface area (Å²) in [5, 5.41) is 27.4. The van der Waals surface area contributed by atoms with Crippen molar-refractivity contribution in [2.45, 2.75) is 56.7 Å². The summed E-state index contributed by atoms with van der Waals surface area (Å²) in [6, 6.07) is 11.0. The third-order valence-electron chi connectivity index (χ3n) is 7.34. The lowest BCUT2D eigenvalue weighted by Crippen LogP contribution is -2.58. The van der Waals surface area contributed by atoms with Crippen molar-refractivity contribution in [2.75, 3.05) is 11.9 Å². The van der Waals surface area contributed by atoms with E-state index in [1.165, 1.54) is 23.6 Å². The van der Waals surface area contributed by atoms with Crippen LogP contribution >= 0.6 is 0 Å². The molecule has 2 aliphatic rings. The monoisotopic (exact) mass is 446 g/mol. The SMILES string of the molecule is CN(c1ccc(-c2ccc(-c3cnn(C)c(=O)c3)cc2O)nn1)C1C[C@]2(C)CC[C@](C)(C1)N2. The molecule has 2 saturated heterocycles. The van der Waals surface area contributed by atoms with E-state index < -0.39 is 0 Å². The fourth-order valence-electron chi connectivity index (χ4n) is 5.50. The molecule has 0 saturated carbocycles. The minimum absolute atomic E-state index is 0.0827. The van der Waals surface area contributed by atoms with Crippen molar-refractivity contribution < 1.29 is 5.11 Å². The van der Waals surface area contributed by atoms with Crippen LogP contribution in [0.4, 0.5) is 5.82 Å². The predicted molar refractivity (Wildman–Crippen MR) is 128 cm³/mol. The fourth-order valence-corrected chi connectivity index (χ4v) is 5.50. The number of aryl methyl sites for hydroxylation is 1. The van der Waals surface area contributed by atoms with Gasteiger partial charge in [-0.15, -0.1) is 10.2 Å². The van der Waals surface area contributed by atoms with Gasteiger partial charge in [0, 0.05) is 48.4 Å². The number of nitrogens with zero attached hydrogens (tertiary/aromatic N) is 5. The highest BCUT2D eigenvalue weighted by molar-refractivity contribution is 5.74. The van der Waals surface area contributed by atoms with Crippen molar-refractivity contribution in [3.8, 4) is 28.1 Å². The van der Waals surface area contributed by atoms with Crippen molar-refractivity contribution >= 4 is 5.82 Å². The number of hydrogen-bond acceptors (Lipinski definition) is 7. The van der Waals surface area contributed by atoms with E-state index >= 15 is 0 Å². The van der Waals surface area contributed by atoms with Crippen LogP contribution in [0, 0.1) is 0 Å². The Labute approximate surface area is 193 Å². The molecule has 2 aromatic heterocycles. The van der Waals surface area contributed by atoms with Gasteiger partial charge < -0.3 is 15.3 Å². The number of aromatic nitrogens is 4. The maximum atomic E-state index is 11.9. The molecule has 0 spiro atoms. The summed E-state index contributed by atoms with van der Waals surface area (Å²) in [6.07, 6.45) is 6.20. The largest absolute Gasteiger partial charge is 0.507 e. The highest BCUT2D eigenvalue weighted by Gasteiger charge is 2.49. The van der Waals surface area contributed by atoms with Gasteiger partial charge in [0.25, 0.3) is 5.56 Å². The van der Waals surface area contributed by atoms with Gasteiger partial charge in [0.1, 0.15) is 5.75 Å². The number of phenolic OH excluding ortho intramolecular Hbond substituents is 1. The van der Waals surface area contributed by atoms with Gasteiger partial charge >= 0.3 is 0 Å². The molecule has 0 amide bonds. The lowest BCUT2D eigenvalue weighted by molar-refractivity contribution is 0.207. The summed E-state index contributed by atoms with van der Waals surface area (Å²) in [5.41, 5.74) is 2.73. The van der Waals surface area contributed by atoms with E-state index in [4.69, 9.17) is 0 Å². The fraction of sp³-hybridized carbons (Fsp3) is 0.440. The van der Waals surface area contributed by atoms with E-state index in [-0.39, 0.29) is 22.4 Å². The normalized spacial score (nSPS) is 26.4. The van der Waals surface area contributed by atoms with Crippen LogP contribution in [0.1, 0.15) is 39.5 Å². The zero-order valence-corrected chi connectivity index (χ0v) is 19.5. The van der Waals surface area contributed by atoms with Crippen LogP contribution in [0.5, 0.6) is 5.75 Å². The van der Waals surface area contributed by atoms with Crippen LogP contribution in [-0.4, -0.2) is 49.3 Å². The first-order valence-corrected chi connectivity index (χ1v) is 11.4. The molecule has 0 aliphatic carbocycles.